The van der Waals surface area contributed by atoms with Gasteiger partial charge in [0.15, 0.2) is 17.2 Å². The molecule has 1 heterocycles. The van der Waals surface area contributed by atoms with E-state index >= 15 is 0 Å². The van der Waals surface area contributed by atoms with Gasteiger partial charge in [0.25, 0.3) is 66.4 Å². The van der Waals surface area contributed by atoms with Gasteiger partial charge < -0.3 is 26.2 Å². The Bertz CT molecular complexity index is 5310. The Hall–Kier alpha value is -9.28. The predicted molar refractivity (Wildman–Crippen MR) is 299 cm³/mol. The molecular formula is C42H27ClN12O28S7. The number of nitro groups is 1. The van der Waals surface area contributed by atoms with Gasteiger partial charge in [0.1, 0.15) is 58.6 Å². The maximum Gasteiger partial charge on any atom is 0.358 e. The number of fused-ring (bicyclic) bond motifs is 2. The Balaban J connectivity index is 1.23. The first-order chi connectivity index (χ1) is 41.6. The number of aromatic nitrogens is 2. The van der Waals surface area contributed by atoms with Gasteiger partial charge in [0, 0.05) is 28.3 Å². The number of halogens is 1. The van der Waals surface area contributed by atoms with Crippen molar-refractivity contribution in [3.8, 4) is 23.1 Å². The zero-order chi connectivity index (χ0) is 66.7. The molecule has 13 N–H and O–H groups in total. The number of anilines is 1. The van der Waals surface area contributed by atoms with Crippen molar-refractivity contribution in [3.05, 3.63) is 106 Å². The molecule has 0 radical (unpaired) electrons. The first-order valence-corrected chi connectivity index (χ1v) is 32.3. The number of carboxylic acids is 1. The van der Waals surface area contributed by atoms with Crippen molar-refractivity contribution in [2.75, 3.05) is 5.73 Å². The molecule has 472 valence electrons. The molecule has 0 atom stereocenters. The van der Waals surface area contributed by atoms with E-state index < -0.39 is 212 Å². The van der Waals surface area contributed by atoms with Gasteiger partial charge in [-0.15, -0.1) is 40.1 Å². The first kappa shape index (κ1) is 66.7. The minimum atomic E-state index is -5.78. The summed E-state index contributed by atoms with van der Waals surface area (Å²) in [6, 6.07) is 9.36. The lowest BCUT2D eigenvalue weighted by Crippen LogP contribution is -2.03. The largest absolute Gasteiger partial charge is 0.505 e. The number of nitrogens with zero attached hydrogens (tertiary/aromatic N) is 11. The average molecular weight is 1410 g/mol. The second kappa shape index (κ2) is 24.3. The lowest BCUT2D eigenvalue weighted by molar-refractivity contribution is -0.432. The fourth-order valence-electron chi connectivity index (χ4n) is 7.85. The second-order valence-corrected chi connectivity index (χ2v) is 26.7. The molecule has 40 nitrogen and oxygen atoms in total. The van der Waals surface area contributed by atoms with Crippen molar-refractivity contribution in [2.24, 2.45) is 40.9 Å². The number of aromatic hydroxyl groups is 3. The Morgan fingerprint density at radius 3 is 1.70 bits per heavy atom. The number of benzene rings is 7. The summed E-state index contributed by atoms with van der Waals surface area (Å²) in [5.41, 5.74) is -4.45. The number of carbonyl (C=O) groups is 1. The zero-order valence-electron chi connectivity index (χ0n) is 42.7. The number of phenols is 2. The first-order valence-electron chi connectivity index (χ1n) is 22.5. The zero-order valence-corrected chi connectivity index (χ0v) is 49.1. The fourth-order valence-corrected chi connectivity index (χ4v) is 12.6. The van der Waals surface area contributed by atoms with Crippen LogP contribution in [0.25, 0.3) is 27.2 Å². The van der Waals surface area contributed by atoms with Crippen LogP contribution in [0.3, 0.4) is 0 Å². The van der Waals surface area contributed by atoms with Crippen LogP contribution in [0.15, 0.2) is 160 Å². The van der Waals surface area contributed by atoms with Crippen molar-refractivity contribution >= 4 is 169 Å². The monoisotopic (exact) mass is 1410 g/mol. The van der Waals surface area contributed by atoms with Crippen LogP contribution in [-0.2, 0) is 70.1 Å². The van der Waals surface area contributed by atoms with Gasteiger partial charge in [-0.25, -0.2) is 10.1 Å². The molecule has 0 aliphatic carbocycles. The normalized spacial score (nSPS) is 13.1. The van der Waals surface area contributed by atoms with Gasteiger partial charge in [-0.2, -0.15) is 65.4 Å². The molecule has 0 unspecified atom stereocenters. The number of hydrogen-bond donors (Lipinski definition) is 12. The van der Waals surface area contributed by atoms with Gasteiger partial charge in [-0.3, -0.25) is 37.4 Å². The third kappa shape index (κ3) is 13.6. The van der Waals surface area contributed by atoms with Crippen molar-refractivity contribution in [3.63, 3.8) is 0 Å². The van der Waals surface area contributed by atoms with Crippen LogP contribution in [0.4, 0.5) is 56.9 Å². The van der Waals surface area contributed by atoms with E-state index in [2.05, 4.69) is 55.4 Å². The molecule has 90 heavy (non-hydrogen) atoms. The fraction of sp³-hybridized carbons (Fsp3) is 0. The van der Waals surface area contributed by atoms with Gasteiger partial charge >= 0.3 is 5.97 Å². The van der Waals surface area contributed by atoms with E-state index in [1.54, 1.807) is 0 Å². The van der Waals surface area contributed by atoms with Gasteiger partial charge in [0.2, 0.25) is 11.6 Å². The highest BCUT2D eigenvalue weighted by Crippen LogP contribution is 2.51. The summed E-state index contributed by atoms with van der Waals surface area (Å²) in [5.74, 6) is -5.65. The Morgan fingerprint density at radius 2 is 1.13 bits per heavy atom. The highest BCUT2D eigenvalue weighted by molar-refractivity contribution is 7.94. The maximum atomic E-state index is 13.2. The van der Waals surface area contributed by atoms with Crippen LogP contribution in [0.2, 0.25) is 5.02 Å². The van der Waals surface area contributed by atoms with Crippen LogP contribution in [0, 0.1) is 10.1 Å². The summed E-state index contributed by atoms with van der Waals surface area (Å²) in [6.07, 6.45) is 0. The lowest BCUT2D eigenvalue weighted by atomic mass is 10.0. The molecule has 0 aliphatic rings. The van der Waals surface area contributed by atoms with Crippen molar-refractivity contribution in [2.45, 2.75) is 34.3 Å². The van der Waals surface area contributed by atoms with E-state index in [0.717, 1.165) is 42.5 Å². The molecule has 7 aromatic carbocycles. The lowest BCUT2D eigenvalue weighted by Gasteiger charge is -2.15. The third-order valence-electron chi connectivity index (χ3n) is 11.6. The summed E-state index contributed by atoms with van der Waals surface area (Å²) >= 11 is 6.23. The number of phenolic OH excluding ortho intramolecular Hbond substituents is 2. The van der Waals surface area contributed by atoms with E-state index in [1.807, 2.05) is 0 Å². The summed E-state index contributed by atoms with van der Waals surface area (Å²) in [4.78, 5) is 14.4. The third-order valence-corrected chi connectivity index (χ3v) is 17.9. The number of aromatic carboxylic acids is 1. The van der Waals surface area contributed by atoms with Crippen LogP contribution >= 0.6 is 23.6 Å². The van der Waals surface area contributed by atoms with Gasteiger partial charge in [-0.1, -0.05) is 16.6 Å². The van der Waals surface area contributed by atoms with Crippen molar-refractivity contribution in [1.29, 1.82) is 0 Å². The molecule has 0 bridgehead atoms. The van der Waals surface area contributed by atoms with Crippen molar-refractivity contribution < 1.29 is 123 Å². The SMILES string of the molecule is Nc1c(N=Nc2ccc3c(O)c(N=Nc4cc(Cl)c(N=Nc5c(C(=O)O)nn(-c6ccc(S(=O)(=O)O)cc6)c5O)c(S(=O)(=O)O)c4)c(S(=O)(=O)O)cc3c2S(=O)(=O)O)cc(S(=O)(=O)O)c2cc(SOOO)c(N=Nc3ccc([N+](=O)[O-])cc3S(=O)(=O)O)c(O)c12. The molecule has 0 spiro atoms. The highest BCUT2D eigenvalue weighted by atomic mass is 35.5. The molecular weight excluding hydrogens is 1380 g/mol. The number of non-ortho nitro benzene ring substituents is 1. The second-order valence-electron chi connectivity index (χ2n) is 17.2. The molecule has 0 amide bonds. The summed E-state index contributed by atoms with van der Waals surface area (Å²) < 4.78 is 216. The number of nitrogens with two attached hydrogens (primary N) is 1. The minimum Gasteiger partial charge on any atom is -0.505 e. The van der Waals surface area contributed by atoms with E-state index in [0.29, 0.717) is 41.1 Å². The Morgan fingerprint density at radius 1 is 0.578 bits per heavy atom. The Kier molecular flexibility index (Phi) is 18.0. The minimum absolute atomic E-state index is 0.0589. The smallest absolute Gasteiger partial charge is 0.358 e. The average Bonchev–Trinajstić information content (AvgIpc) is 0.931. The van der Waals surface area contributed by atoms with Crippen LogP contribution in [-0.4, -0.2) is 124 Å². The maximum absolute atomic E-state index is 13.2. The number of rotatable bonds is 20. The summed E-state index contributed by atoms with van der Waals surface area (Å²) in [5, 5.41) is 95.8. The van der Waals surface area contributed by atoms with E-state index in [4.69, 9.17) is 22.6 Å². The quantitative estimate of drug-likeness (QED) is 0.00645. The molecule has 8 rings (SSSR count). The van der Waals surface area contributed by atoms with E-state index in [9.17, 15) is 113 Å². The molecule has 1 aromatic heterocycles. The number of hydrogen-bond acceptors (Lipinski definition) is 32. The van der Waals surface area contributed by atoms with Crippen LogP contribution in [0.5, 0.6) is 17.4 Å². The van der Waals surface area contributed by atoms with Crippen molar-refractivity contribution in [1.82, 2.24) is 9.78 Å². The molecule has 0 fully saturated rings. The number of nitrogen functional groups attached to an aromatic ring is 1. The molecule has 8 aromatic rings. The van der Waals surface area contributed by atoms with Gasteiger partial charge in [-0.05, 0) is 72.8 Å². The van der Waals surface area contributed by atoms with E-state index in [1.165, 1.54) is 0 Å². The highest BCUT2D eigenvalue weighted by Gasteiger charge is 2.32. The number of azo groups is 4. The standard InChI is InChI=1S/C42H27ClN12O28S7/c43-22-9-15(10-29(88(73,74)75)33(22)49-52-36-37(42(59)60)53-54(41(36)58)16-1-4-18(5-2-16)85(64,65)66)45-51-35-30(89(76,77)78)13-20-19(38(35)56)6-8-24(40(20)90(79,80)81)47-48-25-14-27(86(67,68)69)21-12-26(84-83-82-63)34(39(57)31(21)32(25)44)50-46-23-7-3-17(55(61)62)11-28(23)87(70,71)72/h1-14,56-58,63H,44H2,(H,59,60)(H,64,65,66)(H,67,68,69)(H,70,71,72)(H,73,74,75)(H,76,77,78)(H,79,80,81). The topological polar surface area (TPSA) is 649 Å². The molecule has 0 saturated heterocycles. The molecule has 0 saturated carbocycles. The summed E-state index contributed by atoms with van der Waals surface area (Å²) in [6.45, 7) is 0. The number of nitro benzene ring substituents is 1. The van der Waals surface area contributed by atoms with E-state index in [-0.39, 0.29) is 23.8 Å². The predicted octanol–water partition coefficient (Wildman–Crippen LogP) is 8.71. The number of carboxylic acid groups (broad SMARTS) is 1. The molecule has 0 aliphatic heterocycles. The van der Waals surface area contributed by atoms with Crippen LogP contribution < -0.4 is 5.73 Å². The Labute approximate surface area is 507 Å². The summed E-state index contributed by atoms with van der Waals surface area (Å²) in [7, 11) is -32.6. The van der Waals surface area contributed by atoms with Gasteiger partial charge in [0.05, 0.1) is 54.2 Å². The molecule has 48 heteroatoms. The van der Waals surface area contributed by atoms with Crippen LogP contribution in [0.1, 0.15) is 10.5 Å².